The lowest BCUT2D eigenvalue weighted by Gasteiger charge is -2.30. The van der Waals surface area contributed by atoms with Gasteiger partial charge in [-0.15, -0.1) is 0 Å². The Labute approximate surface area is 203 Å². The van der Waals surface area contributed by atoms with Crippen molar-refractivity contribution in [2.75, 3.05) is 13.1 Å². The third-order valence-electron chi connectivity index (χ3n) is 5.04. The van der Waals surface area contributed by atoms with Crippen molar-refractivity contribution >= 4 is 39.1 Å². The molecule has 0 aliphatic heterocycles. The molecule has 0 bridgehead atoms. The highest BCUT2D eigenvalue weighted by atomic mass is 35.5. The average molecular weight is 509 g/mol. The lowest BCUT2D eigenvalue weighted by molar-refractivity contribution is -0.125. The molecular formula is C24H23Cl2FN2O3S. The van der Waals surface area contributed by atoms with Crippen molar-refractivity contribution in [2.24, 2.45) is 0 Å². The first-order valence-corrected chi connectivity index (χ1v) is 12.5. The van der Waals surface area contributed by atoms with Gasteiger partial charge < -0.3 is 5.32 Å². The van der Waals surface area contributed by atoms with Crippen molar-refractivity contribution < 1.29 is 17.6 Å². The van der Waals surface area contributed by atoms with Crippen LogP contribution in [0.25, 0.3) is 0 Å². The van der Waals surface area contributed by atoms with Crippen molar-refractivity contribution in [3.05, 3.63) is 99.8 Å². The number of sulfonamides is 1. The highest BCUT2D eigenvalue weighted by Gasteiger charge is 2.36. The summed E-state index contributed by atoms with van der Waals surface area (Å²) in [6.07, 6.45) is 0.0402. The van der Waals surface area contributed by atoms with Crippen LogP contribution in [-0.2, 0) is 21.2 Å². The summed E-state index contributed by atoms with van der Waals surface area (Å²) in [6.45, 7) is 1.93. The molecule has 0 spiro atoms. The predicted octanol–water partition coefficient (Wildman–Crippen LogP) is 5.24. The van der Waals surface area contributed by atoms with Crippen LogP contribution in [0.15, 0.2) is 77.7 Å². The van der Waals surface area contributed by atoms with Gasteiger partial charge >= 0.3 is 0 Å². The zero-order chi connectivity index (χ0) is 24.0. The van der Waals surface area contributed by atoms with Gasteiger partial charge in [0.25, 0.3) is 0 Å². The van der Waals surface area contributed by atoms with Gasteiger partial charge in [-0.1, -0.05) is 59.6 Å². The predicted molar refractivity (Wildman–Crippen MR) is 128 cm³/mol. The molecule has 1 N–H and O–H groups in total. The van der Waals surface area contributed by atoms with Crippen LogP contribution in [0.3, 0.4) is 0 Å². The molecule has 0 fully saturated rings. The molecule has 0 saturated heterocycles. The van der Waals surface area contributed by atoms with Gasteiger partial charge in [-0.05, 0) is 60.9 Å². The van der Waals surface area contributed by atoms with Crippen molar-refractivity contribution in [3.63, 3.8) is 0 Å². The molecule has 0 aliphatic carbocycles. The molecule has 3 rings (SSSR count). The van der Waals surface area contributed by atoms with Crippen LogP contribution in [0.5, 0.6) is 0 Å². The molecule has 3 aromatic carbocycles. The Morgan fingerprint density at radius 3 is 2.24 bits per heavy atom. The summed E-state index contributed by atoms with van der Waals surface area (Å²) in [5.41, 5.74) is 0.788. The topological polar surface area (TPSA) is 66.5 Å². The smallest absolute Gasteiger partial charge is 0.244 e. The van der Waals surface area contributed by atoms with Gasteiger partial charge in [0, 0.05) is 23.1 Å². The Morgan fingerprint density at radius 2 is 1.64 bits per heavy atom. The van der Waals surface area contributed by atoms with Gasteiger partial charge in [0.1, 0.15) is 11.9 Å². The highest BCUT2D eigenvalue weighted by molar-refractivity contribution is 7.89. The molecule has 0 radical (unpaired) electrons. The maximum Gasteiger partial charge on any atom is 0.244 e. The second-order valence-electron chi connectivity index (χ2n) is 7.26. The van der Waals surface area contributed by atoms with E-state index in [9.17, 15) is 17.6 Å². The van der Waals surface area contributed by atoms with Gasteiger partial charge in [-0.25, -0.2) is 12.8 Å². The monoisotopic (exact) mass is 508 g/mol. The number of benzene rings is 3. The summed E-state index contributed by atoms with van der Waals surface area (Å²) in [5, 5.41) is 3.34. The third kappa shape index (κ3) is 6.12. The lowest BCUT2D eigenvalue weighted by atomic mass is 10.1. The fourth-order valence-electron chi connectivity index (χ4n) is 3.44. The van der Waals surface area contributed by atoms with E-state index in [1.165, 1.54) is 42.5 Å². The molecule has 1 atom stereocenters. The molecule has 5 nitrogen and oxygen atoms in total. The summed E-state index contributed by atoms with van der Waals surface area (Å²) < 4.78 is 43.0. The minimum absolute atomic E-state index is 0.0197. The number of rotatable bonds is 9. The molecule has 0 unspecified atom stereocenters. The first-order valence-electron chi connectivity index (χ1n) is 10.3. The number of likely N-dealkylation sites (N-methyl/N-ethyl adjacent to an activating group) is 1. The Kier molecular flexibility index (Phi) is 8.48. The van der Waals surface area contributed by atoms with Gasteiger partial charge in [0.05, 0.1) is 4.90 Å². The number of hydrogen-bond acceptors (Lipinski definition) is 3. The average Bonchev–Trinajstić information content (AvgIpc) is 2.78. The zero-order valence-corrected chi connectivity index (χ0v) is 20.2. The summed E-state index contributed by atoms with van der Waals surface area (Å²) in [6, 6.07) is 17.4. The van der Waals surface area contributed by atoms with Crippen molar-refractivity contribution in [1.82, 2.24) is 9.62 Å². The van der Waals surface area contributed by atoms with E-state index < -0.39 is 27.8 Å². The molecule has 174 valence electrons. The number of nitrogens with one attached hydrogen (secondary N) is 1. The quantitative estimate of drug-likeness (QED) is 0.429. The van der Waals surface area contributed by atoms with E-state index in [0.717, 1.165) is 4.31 Å². The SMILES string of the molecule is CCNC(=O)[C@@H](c1ccccc1)N(CCc1ccc(Cl)cc1F)S(=O)(=O)c1ccc(Cl)cc1. The Bertz CT molecular complexity index is 1210. The Hall–Kier alpha value is -2.45. The third-order valence-corrected chi connectivity index (χ3v) is 7.41. The fourth-order valence-corrected chi connectivity index (χ4v) is 5.30. The van der Waals surface area contributed by atoms with E-state index in [0.29, 0.717) is 22.7 Å². The summed E-state index contributed by atoms with van der Waals surface area (Å²) in [5.74, 6) is -1.02. The van der Waals surface area contributed by atoms with Crippen LogP contribution in [0, 0.1) is 5.82 Å². The molecule has 3 aromatic rings. The molecule has 1 amide bonds. The highest BCUT2D eigenvalue weighted by Crippen LogP contribution is 2.30. The number of hydrogen-bond donors (Lipinski definition) is 1. The molecule has 9 heteroatoms. The van der Waals surface area contributed by atoms with E-state index in [4.69, 9.17) is 23.2 Å². The van der Waals surface area contributed by atoms with Crippen molar-refractivity contribution in [1.29, 1.82) is 0 Å². The summed E-state index contributed by atoms with van der Waals surface area (Å²) in [4.78, 5) is 13.1. The van der Waals surface area contributed by atoms with Gasteiger partial charge in [0.2, 0.25) is 15.9 Å². The van der Waals surface area contributed by atoms with E-state index in [1.54, 1.807) is 37.3 Å². The molecule has 0 heterocycles. The number of nitrogens with zero attached hydrogens (tertiary/aromatic N) is 1. The van der Waals surface area contributed by atoms with Crippen LogP contribution in [-0.4, -0.2) is 31.7 Å². The Morgan fingerprint density at radius 1 is 1.00 bits per heavy atom. The fraction of sp³-hybridized carbons (Fsp3) is 0.208. The largest absolute Gasteiger partial charge is 0.355 e. The summed E-state index contributed by atoms with van der Waals surface area (Å²) >= 11 is 11.8. The maximum atomic E-state index is 14.4. The minimum Gasteiger partial charge on any atom is -0.355 e. The second-order valence-corrected chi connectivity index (χ2v) is 10.0. The van der Waals surface area contributed by atoms with E-state index in [-0.39, 0.29) is 22.9 Å². The zero-order valence-electron chi connectivity index (χ0n) is 17.8. The lowest BCUT2D eigenvalue weighted by Crippen LogP contribution is -2.44. The molecule has 0 aromatic heterocycles. The van der Waals surface area contributed by atoms with E-state index >= 15 is 0 Å². The maximum absolute atomic E-state index is 14.4. The van der Waals surface area contributed by atoms with Crippen molar-refractivity contribution in [2.45, 2.75) is 24.3 Å². The number of carbonyl (C=O) groups excluding carboxylic acids is 1. The van der Waals surface area contributed by atoms with Gasteiger partial charge in [-0.3, -0.25) is 4.79 Å². The van der Waals surface area contributed by atoms with E-state index in [1.807, 2.05) is 0 Å². The second kappa shape index (κ2) is 11.1. The number of halogens is 3. The van der Waals surface area contributed by atoms with Crippen LogP contribution in [0.1, 0.15) is 24.1 Å². The van der Waals surface area contributed by atoms with Gasteiger partial charge in [0.15, 0.2) is 0 Å². The number of carbonyl (C=O) groups is 1. The Balaban J connectivity index is 2.09. The molecule has 0 saturated carbocycles. The van der Waals surface area contributed by atoms with Gasteiger partial charge in [-0.2, -0.15) is 4.31 Å². The normalized spacial score (nSPS) is 12.5. The van der Waals surface area contributed by atoms with Crippen LogP contribution >= 0.6 is 23.2 Å². The standard InChI is InChI=1S/C24H23Cl2FN2O3S/c1-2-28-24(30)23(18-6-4-3-5-7-18)29(15-14-17-8-9-20(26)16-22(17)27)33(31,32)21-12-10-19(25)11-13-21/h3-13,16,23H,2,14-15H2,1H3,(H,28,30)/t23-/m1/s1. The number of amides is 1. The van der Waals surface area contributed by atoms with Crippen LogP contribution < -0.4 is 5.32 Å². The van der Waals surface area contributed by atoms with E-state index in [2.05, 4.69) is 5.32 Å². The molecule has 0 aliphatic rings. The molecule has 33 heavy (non-hydrogen) atoms. The first kappa shape index (κ1) is 25.2. The van der Waals surface area contributed by atoms with Crippen molar-refractivity contribution in [3.8, 4) is 0 Å². The summed E-state index contributed by atoms with van der Waals surface area (Å²) in [7, 11) is -4.15. The first-order chi connectivity index (χ1) is 15.7. The molecular weight excluding hydrogens is 486 g/mol. The van der Waals surface area contributed by atoms with Crippen LogP contribution in [0.2, 0.25) is 10.0 Å². The minimum atomic E-state index is -4.15. The van der Waals surface area contributed by atoms with Crippen LogP contribution in [0.4, 0.5) is 4.39 Å².